The molecular weight excluding hydrogens is 380 g/mol. The highest BCUT2D eigenvalue weighted by atomic mass is 32.1. The van der Waals surface area contributed by atoms with E-state index in [4.69, 9.17) is 0 Å². The van der Waals surface area contributed by atoms with Gasteiger partial charge in [-0.3, -0.25) is 0 Å². The molecule has 0 saturated heterocycles. The number of aryl methyl sites for hydroxylation is 2. The largest absolute Gasteiger partial charge is 0.145 e. The van der Waals surface area contributed by atoms with E-state index in [1.165, 1.54) is 22.6 Å². The van der Waals surface area contributed by atoms with Crippen LogP contribution in [0, 0.1) is 37.5 Å². The fraction of sp³-hybridized carbons (Fsp3) is 0.583. The molecule has 2 aromatic rings. The Morgan fingerprint density at radius 3 is 2.00 bits per heavy atom. The smallest absolute Gasteiger partial charge is 0.0696 e. The predicted octanol–water partition coefficient (Wildman–Crippen LogP) is 8.02. The molecule has 27 heavy (non-hydrogen) atoms. The molecule has 0 nitrogen and oxygen atoms in total. The monoisotopic (exact) mass is 412 g/mol. The van der Waals surface area contributed by atoms with E-state index in [2.05, 4.69) is 87.7 Å². The van der Waals surface area contributed by atoms with Crippen LogP contribution in [0.25, 0.3) is 11.1 Å². The van der Waals surface area contributed by atoms with Crippen molar-refractivity contribution in [3.63, 3.8) is 0 Å². The zero-order valence-electron chi connectivity index (χ0n) is 17.5. The van der Waals surface area contributed by atoms with Gasteiger partial charge in [-0.1, -0.05) is 45.5 Å². The number of allylic oxidation sites excluding steroid dienone is 2. The van der Waals surface area contributed by atoms with E-state index >= 15 is 0 Å². The number of thiophene rings is 2. The molecule has 144 valence electrons. The molecule has 1 fully saturated rings. The Morgan fingerprint density at radius 1 is 0.852 bits per heavy atom. The lowest BCUT2D eigenvalue weighted by Crippen LogP contribution is -2.45. The maximum Gasteiger partial charge on any atom is 0.0696 e. The standard InChI is InChI=1S/C24H32S2Si/c1-13-7-8-14(2)21-17(13)9-10-20(21)27(5,6)24-22-18(11-15(3)25-22)19-12-16(4)26-23(19)24/h9-14,17,20-21,24H,7-8H2,1-6H3. The van der Waals surface area contributed by atoms with Gasteiger partial charge in [-0.2, -0.15) is 0 Å². The molecule has 5 unspecified atom stereocenters. The van der Waals surface area contributed by atoms with E-state index in [0.29, 0.717) is 5.54 Å². The Kier molecular flexibility index (Phi) is 4.21. The molecule has 1 saturated carbocycles. The van der Waals surface area contributed by atoms with Crippen LogP contribution in [0.3, 0.4) is 0 Å². The molecule has 2 aromatic heterocycles. The molecule has 3 heteroatoms. The van der Waals surface area contributed by atoms with Crippen molar-refractivity contribution >= 4 is 30.7 Å². The second kappa shape index (κ2) is 6.18. The van der Waals surface area contributed by atoms with Crippen molar-refractivity contribution in [1.29, 1.82) is 0 Å². The molecule has 5 rings (SSSR count). The Bertz CT molecular complexity index is 869. The first-order chi connectivity index (χ1) is 12.8. The van der Waals surface area contributed by atoms with E-state index < -0.39 is 8.07 Å². The Labute approximate surface area is 173 Å². The van der Waals surface area contributed by atoms with Crippen molar-refractivity contribution in [2.24, 2.45) is 23.7 Å². The first-order valence-corrected chi connectivity index (χ1v) is 15.5. The SMILES string of the molecule is Cc1cc2c(s1)C([Si](C)(C)C1C=CC3C(C)CCC(C)C31)c1sc(C)cc1-2. The minimum Gasteiger partial charge on any atom is -0.145 e. The molecule has 0 spiro atoms. The van der Waals surface area contributed by atoms with E-state index in [9.17, 15) is 0 Å². The van der Waals surface area contributed by atoms with Crippen molar-refractivity contribution in [2.75, 3.05) is 0 Å². The summed E-state index contributed by atoms with van der Waals surface area (Å²) in [4.78, 5) is 6.39. The maximum absolute atomic E-state index is 2.71. The third-order valence-electron chi connectivity index (χ3n) is 7.98. The van der Waals surface area contributed by atoms with Crippen LogP contribution in [0.4, 0.5) is 0 Å². The molecule has 0 bridgehead atoms. The van der Waals surface area contributed by atoms with Gasteiger partial charge >= 0.3 is 0 Å². The first kappa shape index (κ1) is 18.4. The van der Waals surface area contributed by atoms with Gasteiger partial charge < -0.3 is 0 Å². The van der Waals surface area contributed by atoms with Gasteiger partial charge in [0.15, 0.2) is 0 Å². The summed E-state index contributed by atoms with van der Waals surface area (Å²) in [6.45, 7) is 15.1. The summed E-state index contributed by atoms with van der Waals surface area (Å²) in [6.07, 6.45) is 8.19. The van der Waals surface area contributed by atoms with Gasteiger partial charge in [-0.25, -0.2) is 0 Å². The van der Waals surface area contributed by atoms with Gasteiger partial charge in [0, 0.05) is 25.0 Å². The fourth-order valence-electron chi connectivity index (χ4n) is 6.60. The van der Waals surface area contributed by atoms with Crippen molar-refractivity contribution in [2.45, 2.75) is 64.7 Å². The Hall–Kier alpha value is -0.643. The molecule has 0 aromatic carbocycles. The molecule has 0 radical (unpaired) electrons. The second-order valence-corrected chi connectivity index (χ2v) is 17.6. The minimum atomic E-state index is -1.56. The zero-order valence-corrected chi connectivity index (χ0v) is 20.1. The molecular formula is C24H32S2Si. The molecule has 5 atom stereocenters. The maximum atomic E-state index is 2.71. The van der Waals surface area contributed by atoms with Crippen molar-refractivity contribution in [3.05, 3.63) is 43.8 Å². The lowest BCUT2D eigenvalue weighted by atomic mass is 9.69. The van der Waals surface area contributed by atoms with Crippen LogP contribution in [-0.4, -0.2) is 8.07 Å². The highest BCUT2D eigenvalue weighted by molar-refractivity contribution is 7.16. The summed E-state index contributed by atoms with van der Waals surface area (Å²) < 4.78 is 0. The fourth-order valence-corrected chi connectivity index (χ4v) is 15.1. The van der Waals surface area contributed by atoms with Gasteiger partial charge in [0.1, 0.15) is 0 Å². The number of hydrogen-bond donors (Lipinski definition) is 0. The molecule has 0 amide bonds. The summed E-state index contributed by atoms with van der Waals surface area (Å²) in [5.74, 6) is 3.49. The van der Waals surface area contributed by atoms with Gasteiger partial charge in [0.05, 0.1) is 8.07 Å². The van der Waals surface area contributed by atoms with Crippen LogP contribution < -0.4 is 0 Å². The predicted molar refractivity (Wildman–Crippen MR) is 124 cm³/mol. The average Bonchev–Trinajstić information content (AvgIpc) is 3.31. The van der Waals surface area contributed by atoms with Crippen LogP contribution in [0.5, 0.6) is 0 Å². The van der Waals surface area contributed by atoms with Crippen LogP contribution in [0.2, 0.25) is 18.6 Å². The lowest BCUT2D eigenvalue weighted by Gasteiger charge is -2.45. The van der Waals surface area contributed by atoms with Crippen molar-refractivity contribution in [1.82, 2.24) is 0 Å². The third-order valence-corrected chi connectivity index (χ3v) is 15.0. The highest BCUT2D eigenvalue weighted by Gasteiger charge is 2.53. The first-order valence-electron chi connectivity index (χ1n) is 10.7. The van der Waals surface area contributed by atoms with Gasteiger partial charge in [0.2, 0.25) is 0 Å². The highest BCUT2D eigenvalue weighted by Crippen LogP contribution is 2.61. The topological polar surface area (TPSA) is 0 Å². The molecule has 3 aliphatic carbocycles. The van der Waals surface area contributed by atoms with E-state index in [0.717, 1.165) is 29.2 Å². The van der Waals surface area contributed by atoms with Crippen LogP contribution in [-0.2, 0) is 0 Å². The van der Waals surface area contributed by atoms with E-state index in [1.807, 2.05) is 0 Å². The molecule has 3 aliphatic rings. The minimum absolute atomic E-state index is 0.706. The molecule has 0 aliphatic heterocycles. The quantitative estimate of drug-likeness (QED) is 0.346. The normalized spacial score (nSPS) is 32.6. The summed E-state index contributed by atoms with van der Waals surface area (Å²) in [5.41, 5.74) is 4.68. The number of fused-ring (bicyclic) bond motifs is 4. The summed E-state index contributed by atoms with van der Waals surface area (Å²) >= 11 is 4.17. The number of rotatable bonds is 2. The summed E-state index contributed by atoms with van der Waals surface area (Å²) in [6, 6.07) is 4.93. The van der Waals surface area contributed by atoms with E-state index in [1.54, 1.807) is 20.9 Å². The Balaban J connectivity index is 1.60. The van der Waals surface area contributed by atoms with Crippen molar-refractivity contribution in [3.8, 4) is 11.1 Å². The lowest BCUT2D eigenvalue weighted by molar-refractivity contribution is 0.156. The Morgan fingerprint density at radius 2 is 1.41 bits per heavy atom. The third kappa shape index (κ3) is 2.57. The van der Waals surface area contributed by atoms with Crippen molar-refractivity contribution < 1.29 is 0 Å². The zero-order chi connectivity index (χ0) is 19.1. The van der Waals surface area contributed by atoms with Gasteiger partial charge in [0.25, 0.3) is 0 Å². The average molecular weight is 413 g/mol. The van der Waals surface area contributed by atoms with Crippen LogP contribution >= 0.6 is 22.7 Å². The number of hydrogen-bond acceptors (Lipinski definition) is 2. The molecule has 0 N–H and O–H groups in total. The van der Waals surface area contributed by atoms with Crippen LogP contribution in [0.1, 0.15) is 51.7 Å². The summed E-state index contributed by atoms with van der Waals surface area (Å²) in [5, 5.41) is 0. The molecule has 2 heterocycles. The van der Waals surface area contributed by atoms with Gasteiger partial charge in [-0.05, 0) is 72.7 Å². The second-order valence-electron chi connectivity index (χ2n) is 10.1. The summed E-state index contributed by atoms with van der Waals surface area (Å²) in [7, 11) is -1.56. The van der Waals surface area contributed by atoms with E-state index in [-0.39, 0.29) is 0 Å². The van der Waals surface area contributed by atoms with Gasteiger partial charge in [-0.15, -0.1) is 22.7 Å². The van der Waals surface area contributed by atoms with Crippen LogP contribution in [0.15, 0.2) is 24.3 Å².